The third kappa shape index (κ3) is 5.29. The topological polar surface area (TPSA) is 32.3 Å². The van der Waals surface area contributed by atoms with Gasteiger partial charge in [0.05, 0.1) is 6.04 Å². The van der Waals surface area contributed by atoms with Gasteiger partial charge in [0.1, 0.15) is 0 Å². The van der Waals surface area contributed by atoms with Crippen LogP contribution < -0.4 is 5.32 Å². The van der Waals surface area contributed by atoms with Crippen LogP contribution in [0.5, 0.6) is 0 Å². The Morgan fingerprint density at radius 1 is 1.14 bits per heavy atom. The van der Waals surface area contributed by atoms with E-state index in [2.05, 4.69) is 41.4 Å². The minimum Gasteiger partial charge on any atom is -0.354 e. The fraction of sp³-hybridized carbons (Fsp3) is 0.611. The summed E-state index contributed by atoms with van der Waals surface area (Å²) in [6.07, 6.45) is 3.86. The molecule has 1 aromatic carbocycles. The molecular weight excluding hydrogens is 296 g/mol. The van der Waals surface area contributed by atoms with E-state index < -0.39 is 0 Å². The zero-order valence-corrected chi connectivity index (χ0v) is 14.8. The van der Waals surface area contributed by atoms with Gasteiger partial charge < -0.3 is 5.32 Å². The minimum atomic E-state index is 0. The van der Waals surface area contributed by atoms with Crippen LogP contribution in [-0.2, 0) is 4.79 Å². The molecule has 22 heavy (non-hydrogen) atoms. The predicted octanol–water partition coefficient (Wildman–Crippen LogP) is 3.72. The molecule has 3 nitrogen and oxygen atoms in total. The van der Waals surface area contributed by atoms with E-state index in [1.807, 2.05) is 13.8 Å². The van der Waals surface area contributed by atoms with E-state index in [9.17, 15) is 4.79 Å². The maximum absolute atomic E-state index is 11.9. The molecule has 1 amide bonds. The quantitative estimate of drug-likeness (QED) is 0.895. The lowest BCUT2D eigenvalue weighted by Crippen LogP contribution is -2.41. The van der Waals surface area contributed by atoms with E-state index in [-0.39, 0.29) is 24.2 Å². The first kappa shape index (κ1) is 19.0. The average Bonchev–Trinajstić information content (AvgIpc) is 2.50. The van der Waals surface area contributed by atoms with Crippen molar-refractivity contribution in [3.8, 4) is 0 Å². The number of nitrogens with one attached hydrogen (secondary N) is 1. The number of likely N-dealkylation sites (tertiary alicyclic amines) is 1. The number of carbonyl (C=O) groups excluding carboxylic acids is 1. The van der Waals surface area contributed by atoms with Gasteiger partial charge in [-0.05, 0) is 38.4 Å². The standard InChI is InChI=1S/C18H28N2O.ClH/c1-14(2)18(21)19-13-17(20-11-5-4-6-12-20)16-9-7-15(3)8-10-16;/h7-10,14,17H,4-6,11-13H2,1-3H3,(H,19,21);1H. The Morgan fingerprint density at radius 2 is 1.73 bits per heavy atom. The molecular formula is C18H29ClN2O. The predicted molar refractivity (Wildman–Crippen MR) is 94.4 cm³/mol. The summed E-state index contributed by atoms with van der Waals surface area (Å²) in [5.41, 5.74) is 2.59. The molecule has 1 N–H and O–H groups in total. The molecule has 0 radical (unpaired) electrons. The second-order valence-electron chi connectivity index (χ2n) is 6.42. The summed E-state index contributed by atoms with van der Waals surface area (Å²) >= 11 is 0. The van der Waals surface area contributed by atoms with Crippen molar-refractivity contribution in [2.75, 3.05) is 19.6 Å². The number of hydrogen-bond donors (Lipinski definition) is 1. The second kappa shape index (κ2) is 9.16. The zero-order chi connectivity index (χ0) is 15.2. The summed E-state index contributed by atoms with van der Waals surface area (Å²) < 4.78 is 0. The highest BCUT2D eigenvalue weighted by molar-refractivity contribution is 5.85. The van der Waals surface area contributed by atoms with Gasteiger partial charge in [-0.3, -0.25) is 9.69 Å². The van der Waals surface area contributed by atoms with Crippen molar-refractivity contribution in [3.05, 3.63) is 35.4 Å². The third-order valence-corrected chi connectivity index (χ3v) is 4.29. The van der Waals surface area contributed by atoms with Crippen molar-refractivity contribution in [1.29, 1.82) is 0 Å². The monoisotopic (exact) mass is 324 g/mol. The van der Waals surface area contributed by atoms with Gasteiger partial charge in [-0.15, -0.1) is 12.4 Å². The molecule has 0 aliphatic carbocycles. The number of piperidine rings is 1. The number of carbonyl (C=O) groups is 1. The Morgan fingerprint density at radius 3 is 2.27 bits per heavy atom. The van der Waals surface area contributed by atoms with Crippen molar-refractivity contribution < 1.29 is 4.79 Å². The first-order valence-corrected chi connectivity index (χ1v) is 8.16. The molecule has 0 aromatic heterocycles. The molecule has 1 aliphatic rings. The van der Waals surface area contributed by atoms with E-state index in [1.165, 1.54) is 30.4 Å². The second-order valence-corrected chi connectivity index (χ2v) is 6.42. The van der Waals surface area contributed by atoms with E-state index in [4.69, 9.17) is 0 Å². The van der Waals surface area contributed by atoms with Crippen LogP contribution >= 0.6 is 12.4 Å². The highest BCUT2D eigenvalue weighted by atomic mass is 35.5. The van der Waals surface area contributed by atoms with Crippen LogP contribution in [0.15, 0.2) is 24.3 Å². The van der Waals surface area contributed by atoms with Crippen LogP contribution in [-0.4, -0.2) is 30.4 Å². The maximum Gasteiger partial charge on any atom is 0.222 e. The summed E-state index contributed by atoms with van der Waals surface area (Å²) in [5, 5.41) is 3.11. The number of aryl methyl sites for hydroxylation is 1. The highest BCUT2D eigenvalue weighted by Gasteiger charge is 2.23. The van der Waals surface area contributed by atoms with Crippen molar-refractivity contribution in [3.63, 3.8) is 0 Å². The summed E-state index contributed by atoms with van der Waals surface area (Å²) in [5.74, 6) is 0.189. The van der Waals surface area contributed by atoms with Crippen molar-refractivity contribution in [2.24, 2.45) is 5.92 Å². The Kier molecular flexibility index (Phi) is 7.91. The Balaban J connectivity index is 0.00000242. The third-order valence-electron chi connectivity index (χ3n) is 4.29. The molecule has 1 heterocycles. The summed E-state index contributed by atoms with van der Waals surface area (Å²) in [6.45, 7) is 8.97. The molecule has 1 aliphatic heterocycles. The van der Waals surface area contributed by atoms with E-state index in [0.29, 0.717) is 12.6 Å². The first-order chi connectivity index (χ1) is 10.1. The minimum absolute atomic E-state index is 0. The molecule has 0 spiro atoms. The van der Waals surface area contributed by atoms with Crippen molar-refractivity contribution >= 4 is 18.3 Å². The van der Waals surface area contributed by atoms with Crippen molar-refractivity contribution in [2.45, 2.75) is 46.1 Å². The summed E-state index contributed by atoms with van der Waals surface area (Å²) in [6, 6.07) is 9.04. The lowest BCUT2D eigenvalue weighted by molar-refractivity contribution is -0.124. The van der Waals surface area contributed by atoms with Crippen LogP contribution in [0.3, 0.4) is 0 Å². The summed E-state index contributed by atoms with van der Waals surface area (Å²) in [7, 11) is 0. The van der Waals surface area contributed by atoms with E-state index in [1.54, 1.807) is 0 Å². The number of amides is 1. The van der Waals surface area contributed by atoms with Gasteiger partial charge in [-0.1, -0.05) is 50.1 Å². The fourth-order valence-corrected chi connectivity index (χ4v) is 2.88. The maximum atomic E-state index is 11.9. The normalized spacial score (nSPS) is 16.9. The number of rotatable bonds is 5. The van der Waals surface area contributed by atoms with Gasteiger partial charge in [-0.25, -0.2) is 0 Å². The summed E-state index contributed by atoms with van der Waals surface area (Å²) in [4.78, 5) is 14.4. The lowest BCUT2D eigenvalue weighted by Gasteiger charge is -2.35. The van der Waals surface area contributed by atoms with Gasteiger partial charge in [0, 0.05) is 12.5 Å². The molecule has 2 rings (SSSR count). The molecule has 124 valence electrons. The Labute approximate surface area is 140 Å². The van der Waals surface area contributed by atoms with Crippen LogP contribution in [0, 0.1) is 12.8 Å². The van der Waals surface area contributed by atoms with Crippen LogP contribution in [0.4, 0.5) is 0 Å². The van der Waals surface area contributed by atoms with Crippen LogP contribution in [0.25, 0.3) is 0 Å². The van der Waals surface area contributed by atoms with Gasteiger partial charge in [-0.2, -0.15) is 0 Å². The molecule has 1 fully saturated rings. The SMILES string of the molecule is Cc1ccc(C(CNC(=O)C(C)C)N2CCCCC2)cc1.Cl. The van der Waals surface area contributed by atoms with E-state index in [0.717, 1.165) is 13.1 Å². The van der Waals surface area contributed by atoms with Gasteiger partial charge in [0.2, 0.25) is 5.91 Å². The van der Waals surface area contributed by atoms with Crippen molar-refractivity contribution in [1.82, 2.24) is 10.2 Å². The number of hydrogen-bond acceptors (Lipinski definition) is 2. The van der Waals surface area contributed by atoms with Crippen LogP contribution in [0.2, 0.25) is 0 Å². The number of nitrogens with zero attached hydrogens (tertiary/aromatic N) is 1. The first-order valence-electron chi connectivity index (χ1n) is 8.16. The molecule has 1 saturated heterocycles. The fourth-order valence-electron chi connectivity index (χ4n) is 2.88. The molecule has 4 heteroatoms. The lowest BCUT2D eigenvalue weighted by atomic mass is 10.0. The van der Waals surface area contributed by atoms with Gasteiger partial charge in [0.25, 0.3) is 0 Å². The largest absolute Gasteiger partial charge is 0.354 e. The zero-order valence-electron chi connectivity index (χ0n) is 14.0. The molecule has 0 bridgehead atoms. The highest BCUT2D eigenvalue weighted by Crippen LogP contribution is 2.24. The Hall–Kier alpha value is -1.06. The average molecular weight is 325 g/mol. The number of halogens is 1. The van der Waals surface area contributed by atoms with E-state index >= 15 is 0 Å². The molecule has 1 atom stereocenters. The smallest absolute Gasteiger partial charge is 0.222 e. The number of benzene rings is 1. The molecule has 1 aromatic rings. The van der Waals surface area contributed by atoms with Crippen LogP contribution in [0.1, 0.15) is 50.3 Å². The molecule has 1 unspecified atom stereocenters. The molecule has 0 saturated carbocycles. The Bertz CT molecular complexity index is 453. The van der Waals surface area contributed by atoms with Gasteiger partial charge in [0.15, 0.2) is 0 Å². The van der Waals surface area contributed by atoms with Gasteiger partial charge >= 0.3 is 0 Å².